The van der Waals surface area contributed by atoms with Crippen LogP contribution in [0.4, 0.5) is 0 Å². The highest BCUT2D eigenvalue weighted by Crippen LogP contribution is 2.17. The summed E-state index contributed by atoms with van der Waals surface area (Å²) in [4.78, 5) is 16.9. The molecule has 0 saturated heterocycles. The highest BCUT2D eigenvalue weighted by Gasteiger charge is 2.11. The lowest BCUT2D eigenvalue weighted by atomic mass is 10.1. The predicted molar refractivity (Wildman–Crippen MR) is 122 cm³/mol. The Morgan fingerprint density at radius 3 is 2.41 bits per heavy atom. The van der Waals surface area contributed by atoms with Gasteiger partial charge in [-0.1, -0.05) is 36.3 Å². The Bertz CT molecular complexity index is 1000. The van der Waals surface area contributed by atoms with Crippen molar-refractivity contribution in [1.82, 2.24) is 0 Å². The maximum Gasteiger partial charge on any atom is 0.311 e. The largest absolute Gasteiger partial charge is 0.493 e. The third-order valence-electron chi connectivity index (χ3n) is 4.20. The van der Waals surface area contributed by atoms with E-state index in [1.807, 2.05) is 31.2 Å². The van der Waals surface area contributed by atoms with Gasteiger partial charge in [-0.15, -0.1) is 0 Å². The Labute approximate surface area is 189 Å². The number of ether oxygens (including phenoxy) is 2. The summed E-state index contributed by atoms with van der Waals surface area (Å²) in [7, 11) is -2.20. The van der Waals surface area contributed by atoms with Crippen molar-refractivity contribution in [2.24, 2.45) is 5.16 Å². The highest BCUT2D eigenvalue weighted by atomic mass is 32.2. The molecule has 0 saturated carbocycles. The zero-order valence-corrected chi connectivity index (χ0v) is 19.4. The molecule has 0 amide bonds. The lowest BCUT2D eigenvalue weighted by Gasteiger charge is -2.10. The minimum atomic E-state index is -3.54. The minimum absolute atomic E-state index is 0.0599. The Morgan fingerprint density at radius 2 is 1.75 bits per heavy atom. The average Bonchev–Trinajstić information content (AvgIpc) is 2.74. The molecule has 2 rings (SSSR count). The van der Waals surface area contributed by atoms with Gasteiger partial charge >= 0.3 is 16.1 Å². The van der Waals surface area contributed by atoms with Crippen LogP contribution in [0.1, 0.15) is 30.9 Å². The third kappa shape index (κ3) is 9.82. The van der Waals surface area contributed by atoms with Crippen LogP contribution in [0, 0.1) is 0 Å². The second-order valence-electron chi connectivity index (χ2n) is 7.10. The molecule has 32 heavy (non-hydrogen) atoms. The molecule has 0 spiro atoms. The van der Waals surface area contributed by atoms with Crippen LogP contribution >= 0.6 is 0 Å². The predicted octanol–water partition coefficient (Wildman–Crippen LogP) is 3.53. The monoisotopic (exact) mass is 463 g/mol. The van der Waals surface area contributed by atoms with E-state index in [0.717, 1.165) is 23.8 Å². The quantitative estimate of drug-likeness (QED) is 0.147. The first kappa shape index (κ1) is 25.2. The van der Waals surface area contributed by atoms with E-state index in [1.54, 1.807) is 24.3 Å². The fourth-order valence-corrected chi connectivity index (χ4v) is 3.21. The number of carbonyl (C=O) groups is 1. The zero-order chi connectivity index (χ0) is 23.4. The number of oxime groups is 1. The van der Waals surface area contributed by atoms with Crippen LogP contribution in [0.2, 0.25) is 0 Å². The summed E-state index contributed by atoms with van der Waals surface area (Å²) in [6.07, 6.45) is 2.97. The number of hydrogen-bond acceptors (Lipinski definition) is 8. The van der Waals surface area contributed by atoms with Gasteiger partial charge in [0.05, 0.1) is 32.1 Å². The number of carbonyl (C=O) groups excluding carboxylic acids is 1. The molecule has 0 aliphatic heterocycles. The van der Waals surface area contributed by atoms with Gasteiger partial charge in [-0.25, -0.2) is 0 Å². The molecular weight excluding hydrogens is 434 g/mol. The van der Waals surface area contributed by atoms with Crippen molar-refractivity contribution in [2.45, 2.75) is 32.6 Å². The van der Waals surface area contributed by atoms with E-state index in [4.69, 9.17) is 18.5 Å². The first-order chi connectivity index (χ1) is 15.3. The number of nitrogens with zero attached hydrogens (tertiary/aromatic N) is 1. The standard InChI is InChI=1S/C23H29NO7S/c1-4-13-30-24-20(17-23(25)28-2)15-19-6-5-7-22(16-19)29-14-12-18-8-10-21(11-9-18)31-32(3,26)27/h5-11,16H,4,12-15,17H2,1-3H3. The molecule has 8 nitrogen and oxygen atoms in total. The summed E-state index contributed by atoms with van der Waals surface area (Å²) >= 11 is 0. The van der Waals surface area contributed by atoms with Crippen molar-refractivity contribution in [2.75, 3.05) is 26.6 Å². The molecule has 0 fully saturated rings. The molecular formula is C23H29NO7S. The first-order valence-corrected chi connectivity index (χ1v) is 12.1. The molecule has 0 bridgehead atoms. The van der Waals surface area contributed by atoms with E-state index in [-0.39, 0.29) is 18.1 Å². The number of benzene rings is 2. The van der Waals surface area contributed by atoms with Crippen LogP contribution in [0.15, 0.2) is 53.7 Å². The average molecular weight is 464 g/mol. The highest BCUT2D eigenvalue weighted by molar-refractivity contribution is 7.86. The van der Waals surface area contributed by atoms with Gasteiger partial charge in [0.15, 0.2) is 0 Å². The van der Waals surface area contributed by atoms with Crippen molar-refractivity contribution in [3.63, 3.8) is 0 Å². The Morgan fingerprint density at radius 1 is 1.00 bits per heavy atom. The lowest BCUT2D eigenvalue weighted by molar-refractivity contribution is -0.139. The van der Waals surface area contributed by atoms with Crippen LogP contribution in [0.25, 0.3) is 0 Å². The fourth-order valence-electron chi connectivity index (χ4n) is 2.75. The summed E-state index contributed by atoms with van der Waals surface area (Å²) in [6.45, 7) is 2.90. The van der Waals surface area contributed by atoms with Crippen LogP contribution < -0.4 is 8.92 Å². The smallest absolute Gasteiger partial charge is 0.311 e. The Hall–Kier alpha value is -3.07. The molecule has 0 N–H and O–H groups in total. The van der Waals surface area contributed by atoms with Crippen molar-refractivity contribution in [1.29, 1.82) is 0 Å². The summed E-state index contributed by atoms with van der Waals surface area (Å²) < 4.78 is 37.7. The SMILES string of the molecule is CCCON=C(CC(=O)OC)Cc1cccc(OCCc2ccc(OS(C)(=O)=O)cc2)c1. The molecule has 0 aromatic heterocycles. The van der Waals surface area contributed by atoms with E-state index in [9.17, 15) is 13.2 Å². The van der Waals surface area contributed by atoms with Gasteiger partial charge in [0.1, 0.15) is 18.1 Å². The molecule has 0 unspecified atom stereocenters. The van der Waals surface area contributed by atoms with Gasteiger partial charge < -0.3 is 18.5 Å². The number of hydrogen-bond donors (Lipinski definition) is 0. The second-order valence-corrected chi connectivity index (χ2v) is 8.67. The third-order valence-corrected chi connectivity index (χ3v) is 4.70. The van der Waals surface area contributed by atoms with Crippen molar-refractivity contribution < 1.29 is 31.7 Å². The van der Waals surface area contributed by atoms with Crippen LogP contribution in [0.3, 0.4) is 0 Å². The molecule has 0 radical (unpaired) electrons. The van der Waals surface area contributed by atoms with Gasteiger partial charge in [-0.05, 0) is 41.8 Å². The molecule has 0 aliphatic carbocycles. The maximum atomic E-state index is 11.7. The second kappa shape index (κ2) is 12.7. The molecule has 9 heteroatoms. The van der Waals surface area contributed by atoms with Gasteiger partial charge in [-0.3, -0.25) is 4.79 Å². The van der Waals surface area contributed by atoms with Crippen molar-refractivity contribution in [3.05, 3.63) is 59.7 Å². The van der Waals surface area contributed by atoms with Crippen LogP contribution in [-0.2, 0) is 37.3 Å². The van der Waals surface area contributed by atoms with E-state index in [1.165, 1.54) is 7.11 Å². The van der Waals surface area contributed by atoms with Gasteiger partial charge in [0.25, 0.3) is 0 Å². The van der Waals surface area contributed by atoms with E-state index in [2.05, 4.69) is 5.16 Å². The molecule has 0 heterocycles. The molecule has 0 aliphatic rings. The number of rotatable bonds is 13. The van der Waals surface area contributed by atoms with Gasteiger partial charge in [-0.2, -0.15) is 8.42 Å². The maximum absolute atomic E-state index is 11.7. The van der Waals surface area contributed by atoms with E-state index >= 15 is 0 Å². The summed E-state index contributed by atoms with van der Waals surface area (Å²) in [6, 6.07) is 14.4. The first-order valence-electron chi connectivity index (χ1n) is 10.2. The Balaban J connectivity index is 1.92. The van der Waals surface area contributed by atoms with Gasteiger partial charge in [0, 0.05) is 12.8 Å². The molecule has 2 aromatic rings. The minimum Gasteiger partial charge on any atom is -0.493 e. The van der Waals surface area contributed by atoms with E-state index < -0.39 is 10.1 Å². The van der Waals surface area contributed by atoms with Crippen LogP contribution in [0.5, 0.6) is 11.5 Å². The zero-order valence-electron chi connectivity index (χ0n) is 18.6. The number of methoxy groups -OCH3 is 1. The van der Waals surface area contributed by atoms with Crippen molar-refractivity contribution >= 4 is 21.8 Å². The fraction of sp³-hybridized carbons (Fsp3) is 0.391. The molecule has 174 valence electrons. The Kier molecular flexibility index (Phi) is 10.0. The topological polar surface area (TPSA) is 100 Å². The molecule has 2 aromatic carbocycles. The lowest BCUT2D eigenvalue weighted by Crippen LogP contribution is -2.13. The van der Waals surface area contributed by atoms with Crippen LogP contribution in [-0.4, -0.2) is 46.7 Å². The summed E-state index contributed by atoms with van der Waals surface area (Å²) in [5.74, 6) is 0.604. The van der Waals surface area contributed by atoms with Gasteiger partial charge in [0.2, 0.25) is 0 Å². The van der Waals surface area contributed by atoms with Crippen molar-refractivity contribution in [3.8, 4) is 11.5 Å². The normalized spacial score (nSPS) is 11.7. The molecule has 0 atom stereocenters. The summed E-state index contributed by atoms with van der Waals surface area (Å²) in [5, 5.41) is 4.08. The number of esters is 1. The van der Waals surface area contributed by atoms with E-state index in [0.29, 0.717) is 37.5 Å². The summed E-state index contributed by atoms with van der Waals surface area (Å²) in [5.41, 5.74) is 2.51.